The molecule has 0 saturated carbocycles. The van der Waals surface area contributed by atoms with Crippen molar-refractivity contribution in [1.29, 1.82) is 0 Å². The first kappa shape index (κ1) is 12.5. The molecule has 0 unspecified atom stereocenters. The summed E-state index contributed by atoms with van der Waals surface area (Å²) in [5.41, 5.74) is 3.50. The second-order valence-corrected chi connectivity index (χ2v) is 4.78. The van der Waals surface area contributed by atoms with Gasteiger partial charge in [0.2, 0.25) is 0 Å². The van der Waals surface area contributed by atoms with Crippen LogP contribution in [0.1, 0.15) is 0 Å². The highest BCUT2D eigenvalue weighted by Crippen LogP contribution is 2.34. The summed E-state index contributed by atoms with van der Waals surface area (Å²) < 4.78 is 5.35. The molecule has 1 aromatic carbocycles. The fourth-order valence-electron chi connectivity index (χ4n) is 2.34. The molecular formula is C15H11N5O2. The van der Waals surface area contributed by atoms with Gasteiger partial charge in [-0.1, -0.05) is 6.07 Å². The van der Waals surface area contributed by atoms with Gasteiger partial charge in [-0.2, -0.15) is 15.4 Å². The van der Waals surface area contributed by atoms with Gasteiger partial charge in [0.05, 0.1) is 11.4 Å². The molecule has 0 aliphatic carbocycles. The number of benzene rings is 1. The predicted octanol–water partition coefficient (Wildman–Crippen LogP) is 1.86. The molecule has 0 fully saturated rings. The highest BCUT2D eigenvalue weighted by atomic mass is 16.5. The highest BCUT2D eigenvalue weighted by Gasteiger charge is 2.19. The van der Waals surface area contributed by atoms with Crippen LogP contribution in [0, 0.1) is 0 Å². The van der Waals surface area contributed by atoms with Crippen molar-refractivity contribution < 1.29 is 9.53 Å². The number of anilines is 1. The summed E-state index contributed by atoms with van der Waals surface area (Å²) in [6.07, 6.45) is 1.70. The normalized spacial score (nSPS) is 13.2. The molecule has 0 atom stereocenters. The first-order chi connectivity index (χ1) is 10.8. The number of ether oxygens (including phenoxy) is 1. The standard InChI is InChI=1S/C15H11N5O2/c21-13-8-22-12-5-4-9(7-11(12)17-13)14-15(19-20-18-14)10-3-1-2-6-16-10/h1-7H,8H2,(H,17,21)(H,18,19,20). The van der Waals surface area contributed by atoms with Crippen LogP contribution in [0.25, 0.3) is 22.6 Å². The van der Waals surface area contributed by atoms with Gasteiger partial charge < -0.3 is 10.1 Å². The minimum Gasteiger partial charge on any atom is -0.482 e. The zero-order chi connectivity index (χ0) is 14.9. The van der Waals surface area contributed by atoms with Gasteiger partial charge in [-0.05, 0) is 30.3 Å². The number of nitrogens with one attached hydrogen (secondary N) is 2. The Morgan fingerprint density at radius 2 is 2.00 bits per heavy atom. The molecule has 1 aliphatic rings. The molecular weight excluding hydrogens is 282 g/mol. The fourth-order valence-corrected chi connectivity index (χ4v) is 2.34. The molecule has 0 spiro atoms. The first-order valence-corrected chi connectivity index (χ1v) is 6.70. The zero-order valence-electron chi connectivity index (χ0n) is 11.4. The number of aromatic amines is 1. The van der Waals surface area contributed by atoms with Crippen molar-refractivity contribution in [2.24, 2.45) is 0 Å². The molecule has 22 heavy (non-hydrogen) atoms. The fraction of sp³-hybridized carbons (Fsp3) is 0.0667. The smallest absolute Gasteiger partial charge is 0.262 e. The van der Waals surface area contributed by atoms with Gasteiger partial charge in [-0.3, -0.25) is 9.78 Å². The maximum Gasteiger partial charge on any atom is 0.262 e. The number of carbonyl (C=O) groups is 1. The maximum atomic E-state index is 11.4. The van der Waals surface area contributed by atoms with Gasteiger partial charge in [0.1, 0.15) is 17.1 Å². The average molecular weight is 293 g/mol. The van der Waals surface area contributed by atoms with E-state index in [1.807, 2.05) is 30.3 Å². The van der Waals surface area contributed by atoms with Gasteiger partial charge in [-0.25, -0.2) is 0 Å². The van der Waals surface area contributed by atoms with E-state index in [-0.39, 0.29) is 12.5 Å². The zero-order valence-corrected chi connectivity index (χ0v) is 11.4. The lowest BCUT2D eigenvalue weighted by Gasteiger charge is -2.18. The van der Waals surface area contributed by atoms with Crippen molar-refractivity contribution in [2.75, 3.05) is 11.9 Å². The summed E-state index contributed by atoms with van der Waals surface area (Å²) in [6, 6.07) is 11.1. The van der Waals surface area contributed by atoms with Crippen LogP contribution < -0.4 is 10.1 Å². The van der Waals surface area contributed by atoms with Crippen molar-refractivity contribution in [1.82, 2.24) is 20.4 Å². The number of hydrogen-bond donors (Lipinski definition) is 2. The third kappa shape index (κ3) is 2.08. The Bertz CT molecular complexity index is 844. The van der Waals surface area contributed by atoms with E-state index in [1.54, 1.807) is 12.3 Å². The van der Waals surface area contributed by atoms with Crippen LogP contribution in [0.2, 0.25) is 0 Å². The molecule has 0 saturated heterocycles. The molecule has 1 aliphatic heterocycles. The van der Waals surface area contributed by atoms with Gasteiger partial charge >= 0.3 is 0 Å². The molecule has 2 aromatic heterocycles. The minimum atomic E-state index is -0.172. The lowest BCUT2D eigenvalue weighted by Crippen LogP contribution is -2.25. The predicted molar refractivity (Wildman–Crippen MR) is 79.2 cm³/mol. The summed E-state index contributed by atoms with van der Waals surface area (Å²) in [4.78, 5) is 15.7. The number of fused-ring (bicyclic) bond motifs is 1. The number of aromatic nitrogens is 4. The SMILES string of the molecule is O=C1COc2ccc(-c3n[nH]nc3-c3ccccn3)cc2N1. The molecule has 4 rings (SSSR count). The van der Waals surface area contributed by atoms with E-state index in [0.29, 0.717) is 22.8 Å². The lowest BCUT2D eigenvalue weighted by atomic mass is 10.1. The van der Waals surface area contributed by atoms with Crippen molar-refractivity contribution in [2.45, 2.75) is 0 Å². The van der Waals surface area contributed by atoms with E-state index in [4.69, 9.17) is 4.74 Å². The number of pyridine rings is 1. The summed E-state index contributed by atoms with van der Waals surface area (Å²) in [7, 11) is 0. The van der Waals surface area contributed by atoms with Crippen LogP contribution in [0.4, 0.5) is 5.69 Å². The minimum absolute atomic E-state index is 0.0372. The van der Waals surface area contributed by atoms with Crippen molar-refractivity contribution in [3.63, 3.8) is 0 Å². The largest absolute Gasteiger partial charge is 0.482 e. The van der Waals surface area contributed by atoms with Crippen LogP contribution in [0.5, 0.6) is 5.75 Å². The van der Waals surface area contributed by atoms with Crippen LogP contribution in [-0.2, 0) is 4.79 Å². The first-order valence-electron chi connectivity index (χ1n) is 6.70. The summed E-state index contributed by atoms with van der Waals surface area (Å²) in [5, 5.41) is 13.8. The van der Waals surface area contributed by atoms with Crippen LogP contribution >= 0.6 is 0 Å². The molecule has 7 nitrogen and oxygen atoms in total. The monoisotopic (exact) mass is 293 g/mol. The van der Waals surface area contributed by atoms with E-state index in [1.165, 1.54) is 0 Å². The number of hydrogen-bond acceptors (Lipinski definition) is 5. The molecule has 7 heteroatoms. The molecule has 0 bridgehead atoms. The number of carbonyl (C=O) groups excluding carboxylic acids is 1. The van der Waals surface area contributed by atoms with Gasteiger partial charge in [0.25, 0.3) is 5.91 Å². The average Bonchev–Trinajstić information content (AvgIpc) is 3.04. The van der Waals surface area contributed by atoms with Crippen LogP contribution in [0.15, 0.2) is 42.6 Å². The van der Waals surface area contributed by atoms with Crippen molar-refractivity contribution in [3.8, 4) is 28.4 Å². The Kier molecular flexibility index (Phi) is 2.82. The Hall–Kier alpha value is -3.22. The molecule has 0 radical (unpaired) electrons. The Morgan fingerprint density at radius 3 is 2.86 bits per heavy atom. The summed E-state index contributed by atoms with van der Waals surface area (Å²) >= 11 is 0. The van der Waals surface area contributed by atoms with E-state index in [0.717, 1.165) is 11.3 Å². The Labute approximate surface area is 125 Å². The number of H-pyrrole nitrogens is 1. The molecule has 2 N–H and O–H groups in total. The number of nitrogens with zero attached hydrogens (tertiary/aromatic N) is 3. The highest BCUT2D eigenvalue weighted by molar-refractivity contribution is 5.96. The van der Waals surface area contributed by atoms with Gasteiger partial charge in [0, 0.05) is 11.8 Å². The third-order valence-corrected chi connectivity index (χ3v) is 3.34. The maximum absolute atomic E-state index is 11.4. The summed E-state index contributed by atoms with van der Waals surface area (Å²) in [6.45, 7) is 0.0372. The van der Waals surface area contributed by atoms with Crippen molar-refractivity contribution >= 4 is 11.6 Å². The van der Waals surface area contributed by atoms with Crippen molar-refractivity contribution in [3.05, 3.63) is 42.6 Å². The van der Waals surface area contributed by atoms with E-state index >= 15 is 0 Å². The Morgan fingerprint density at radius 1 is 1.09 bits per heavy atom. The second kappa shape index (κ2) is 4.96. The molecule has 108 valence electrons. The van der Waals surface area contributed by atoms with Gasteiger partial charge in [-0.15, -0.1) is 0 Å². The van der Waals surface area contributed by atoms with E-state index in [2.05, 4.69) is 25.7 Å². The van der Waals surface area contributed by atoms with Crippen LogP contribution in [-0.4, -0.2) is 32.9 Å². The third-order valence-electron chi connectivity index (χ3n) is 3.34. The molecule has 3 aromatic rings. The molecule has 3 heterocycles. The molecule has 1 amide bonds. The second-order valence-electron chi connectivity index (χ2n) is 4.78. The number of amides is 1. The van der Waals surface area contributed by atoms with Gasteiger partial charge in [0.15, 0.2) is 6.61 Å². The summed E-state index contributed by atoms with van der Waals surface area (Å²) in [5.74, 6) is 0.473. The lowest BCUT2D eigenvalue weighted by molar-refractivity contribution is -0.118. The van der Waals surface area contributed by atoms with E-state index < -0.39 is 0 Å². The van der Waals surface area contributed by atoms with Crippen LogP contribution in [0.3, 0.4) is 0 Å². The Balaban J connectivity index is 1.79. The quantitative estimate of drug-likeness (QED) is 0.752. The number of rotatable bonds is 2. The van der Waals surface area contributed by atoms with E-state index in [9.17, 15) is 4.79 Å². The topological polar surface area (TPSA) is 92.8 Å².